The van der Waals surface area contributed by atoms with Crippen LogP contribution in [0.15, 0.2) is 17.8 Å². The third-order valence-electron chi connectivity index (χ3n) is 1.72. The number of amides is 1. The molecular formula is C11H16N2O. The molecule has 0 spiro atoms. The first kappa shape index (κ1) is 12.4. The molecule has 0 aliphatic carbocycles. The highest BCUT2D eigenvalue weighted by Gasteiger charge is 2.06. The molecule has 0 aromatic carbocycles. The van der Waals surface area contributed by atoms with E-state index in [1.54, 1.807) is 13.1 Å². The van der Waals surface area contributed by atoms with Crippen molar-refractivity contribution in [2.24, 2.45) is 5.10 Å². The Balaban J connectivity index is 4.25. The molecule has 0 radical (unpaired) electrons. The van der Waals surface area contributed by atoms with Crippen LogP contribution < -0.4 is 0 Å². The molecule has 0 aliphatic rings. The lowest BCUT2D eigenvalue weighted by atomic mass is 10.3. The Hall–Kier alpha value is -1.56. The van der Waals surface area contributed by atoms with Crippen LogP contribution in [0.25, 0.3) is 0 Å². The Labute approximate surface area is 85.5 Å². The van der Waals surface area contributed by atoms with E-state index in [0.29, 0.717) is 12.8 Å². The minimum Gasteiger partial charge on any atom is -0.273 e. The molecule has 0 atom stereocenters. The second-order valence-corrected chi connectivity index (χ2v) is 2.77. The number of hydrogen-bond donors (Lipinski definition) is 0. The van der Waals surface area contributed by atoms with Crippen molar-refractivity contribution in [1.82, 2.24) is 5.01 Å². The van der Waals surface area contributed by atoms with E-state index in [1.807, 2.05) is 6.92 Å². The average molecular weight is 192 g/mol. The summed E-state index contributed by atoms with van der Waals surface area (Å²) >= 11 is 0. The Morgan fingerprint density at radius 2 is 2.36 bits per heavy atom. The predicted octanol–water partition coefficient (Wildman–Crippen LogP) is 1.81. The molecule has 0 unspecified atom stereocenters. The molecular weight excluding hydrogens is 176 g/mol. The minimum absolute atomic E-state index is 0.0734. The first-order valence-corrected chi connectivity index (χ1v) is 4.55. The van der Waals surface area contributed by atoms with Gasteiger partial charge < -0.3 is 0 Å². The van der Waals surface area contributed by atoms with Crippen molar-refractivity contribution in [1.29, 1.82) is 0 Å². The Morgan fingerprint density at radius 3 is 2.79 bits per heavy atom. The Bertz CT molecular complexity index is 274. The van der Waals surface area contributed by atoms with Gasteiger partial charge in [0.1, 0.15) is 0 Å². The molecule has 0 aliphatic heterocycles. The summed E-state index contributed by atoms with van der Waals surface area (Å²) < 4.78 is 0. The molecule has 0 aromatic heterocycles. The minimum atomic E-state index is -0.0734. The Kier molecular flexibility index (Phi) is 6.13. The molecule has 0 fully saturated rings. The van der Waals surface area contributed by atoms with Crippen LogP contribution in [0.2, 0.25) is 0 Å². The smallest absolute Gasteiger partial charge is 0.243 e. The summed E-state index contributed by atoms with van der Waals surface area (Å²) in [5.74, 6) is 2.35. The van der Waals surface area contributed by atoms with Crippen molar-refractivity contribution < 1.29 is 4.79 Å². The summed E-state index contributed by atoms with van der Waals surface area (Å²) in [6.45, 7) is 5.56. The number of terminal acetylenes is 1. The van der Waals surface area contributed by atoms with E-state index in [9.17, 15) is 4.79 Å². The van der Waals surface area contributed by atoms with E-state index in [4.69, 9.17) is 6.42 Å². The number of rotatable bonds is 5. The zero-order chi connectivity index (χ0) is 11.0. The quantitative estimate of drug-likeness (QED) is 0.371. The third kappa shape index (κ3) is 4.46. The highest BCUT2D eigenvalue weighted by Crippen LogP contribution is 1.97. The lowest BCUT2D eigenvalue weighted by molar-refractivity contribution is -0.129. The second kappa shape index (κ2) is 6.90. The summed E-state index contributed by atoms with van der Waals surface area (Å²) in [5, 5.41) is 5.40. The molecule has 3 heteroatoms. The predicted molar refractivity (Wildman–Crippen MR) is 58.8 cm³/mol. The topological polar surface area (TPSA) is 32.7 Å². The van der Waals surface area contributed by atoms with Gasteiger partial charge in [0.05, 0.1) is 5.71 Å². The summed E-state index contributed by atoms with van der Waals surface area (Å²) in [5.41, 5.74) is 0.793. The van der Waals surface area contributed by atoms with E-state index in [-0.39, 0.29) is 5.91 Å². The molecule has 0 saturated carbocycles. The van der Waals surface area contributed by atoms with Crippen molar-refractivity contribution in [3.05, 3.63) is 12.7 Å². The van der Waals surface area contributed by atoms with Crippen LogP contribution >= 0.6 is 0 Å². The van der Waals surface area contributed by atoms with Crippen molar-refractivity contribution in [2.75, 3.05) is 7.05 Å². The van der Waals surface area contributed by atoms with Crippen molar-refractivity contribution in [3.63, 3.8) is 0 Å². The molecule has 0 bridgehead atoms. The number of carbonyl (C=O) groups is 1. The van der Waals surface area contributed by atoms with Crippen LogP contribution in [0.1, 0.15) is 26.2 Å². The second-order valence-electron chi connectivity index (χ2n) is 2.77. The van der Waals surface area contributed by atoms with E-state index in [0.717, 1.165) is 12.1 Å². The van der Waals surface area contributed by atoms with Crippen LogP contribution in [0.3, 0.4) is 0 Å². The van der Waals surface area contributed by atoms with E-state index >= 15 is 0 Å². The van der Waals surface area contributed by atoms with Crippen molar-refractivity contribution in [2.45, 2.75) is 26.2 Å². The van der Waals surface area contributed by atoms with Gasteiger partial charge in [-0.05, 0) is 12.5 Å². The summed E-state index contributed by atoms with van der Waals surface area (Å²) in [4.78, 5) is 11.4. The monoisotopic (exact) mass is 192 g/mol. The van der Waals surface area contributed by atoms with E-state index in [2.05, 4.69) is 17.6 Å². The van der Waals surface area contributed by atoms with Crippen LogP contribution in [-0.2, 0) is 4.79 Å². The highest BCUT2D eigenvalue weighted by molar-refractivity contribution is 5.94. The lowest BCUT2D eigenvalue weighted by Gasteiger charge is -2.11. The number of nitrogens with zero attached hydrogens (tertiary/aromatic N) is 2. The van der Waals surface area contributed by atoms with Crippen molar-refractivity contribution in [3.8, 4) is 12.3 Å². The van der Waals surface area contributed by atoms with Gasteiger partial charge in [-0.2, -0.15) is 5.10 Å². The normalized spacial score (nSPS) is 10.5. The molecule has 1 amide bonds. The largest absolute Gasteiger partial charge is 0.273 e. The van der Waals surface area contributed by atoms with Crippen LogP contribution in [0.5, 0.6) is 0 Å². The van der Waals surface area contributed by atoms with Gasteiger partial charge in [-0.15, -0.1) is 12.3 Å². The van der Waals surface area contributed by atoms with Gasteiger partial charge in [-0.25, -0.2) is 5.01 Å². The summed E-state index contributed by atoms with van der Waals surface area (Å²) in [7, 11) is 1.62. The molecule has 0 aromatic rings. The number of carbonyl (C=O) groups excluding carboxylic acids is 1. The third-order valence-corrected chi connectivity index (χ3v) is 1.72. The molecule has 3 nitrogen and oxygen atoms in total. The standard InChI is InChI=1S/C11H16N2O/c1-5-8-9-11(14)13(4)12-10(6-2)7-3/h1,6H,2,7-9H2,3-4H3/b12-10-. The highest BCUT2D eigenvalue weighted by atomic mass is 16.2. The fraction of sp³-hybridized carbons (Fsp3) is 0.455. The fourth-order valence-corrected chi connectivity index (χ4v) is 0.845. The SMILES string of the molecule is C#CCCC(=O)N(C)/N=C(/C=C)CC. The molecule has 76 valence electrons. The number of hydrazone groups is 1. The fourth-order valence-electron chi connectivity index (χ4n) is 0.845. The molecule has 0 heterocycles. The van der Waals surface area contributed by atoms with Gasteiger partial charge >= 0.3 is 0 Å². The molecule has 14 heavy (non-hydrogen) atoms. The molecule has 0 saturated heterocycles. The number of hydrogen-bond acceptors (Lipinski definition) is 2. The maximum atomic E-state index is 11.4. The summed E-state index contributed by atoms with van der Waals surface area (Å²) in [6.07, 6.45) is 8.25. The van der Waals surface area contributed by atoms with Gasteiger partial charge in [0.2, 0.25) is 5.91 Å². The van der Waals surface area contributed by atoms with Crippen LogP contribution in [-0.4, -0.2) is 23.7 Å². The van der Waals surface area contributed by atoms with Gasteiger partial charge in [0, 0.05) is 19.9 Å². The average Bonchev–Trinajstić information content (AvgIpc) is 2.21. The van der Waals surface area contributed by atoms with Gasteiger partial charge in [-0.1, -0.05) is 13.5 Å². The zero-order valence-corrected chi connectivity index (χ0v) is 8.79. The van der Waals surface area contributed by atoms with E-state index < -0.39 is 0 Å². The first-order valence-electron chi connectivity index (χ1n) is 4.55. The molecule has 0 rings (SSSR count). The lowest BCUT2D eigenvalue weighted by Crippen LogP contribution is -2.22. The Morgan fingerprint density at radius 1 is 1.71 bits per heavy atom. The maximum Gasteiger partial charge on any atom is 0.243 e. The van der Waals surface area contributed by atoms with E-state index in [1.165, 1.54) is 5.01 Å². The van der Waals surface area contributed by atoms with Gasteiger partial charge in [-0.3, -0.25) is 4.79 Å². The first-order chi connectivity index (χ1) is 6.65. The van der Waals surface area contributed by atoms with Gasteiger partial charge in [0.25, 0.3) is 0 Å². The van der Waals surface area contributed by atoms with Crippen LogP contribution in [0, 0.1) is 12.3 Å². The maximum absolute atomic E-state index is 11.4. The summed E-state index contributed by atoms with van der Waals surface area (Å²) in [6, 6.07) is 0. The van der Waals surface area contributed by atoms with Crippen molar-refractivity contribution >= 4 is 11.6 Å². The number of allylic oxidation sites excluding steroid dienone is 1. The molecule has 0 N–H and O–H groups in total. The van der Waals surface area contributed by atoms with Gasteiger partial charge in [0.15, 0.2) is 0 Å². The zero-order valence-electron chi connectivity index (χ0n) is 8.79. The van der Waals surface area contributed by atoms with Crippen LogP contribution in [0.4, 0.5) is 0 Å².